The quantitative estimate of drug-likeness (QED) is 0.448. The number of thiol groups is 4. The van der Waals surface area contributed by atoms with Crippen LogP contribution in [0.3, 0.4) is 0 Å². The van der Waals surface area contributed by atoms with Crippen molar-refractivity contribution >= 4 is 97.6 Å². The highest BCUT2D eigenvalue weighted by Crippen LogP contribution is 2.35. The van der Waals surface area contributed by atoms with Crippen molar-refractivity contribution in [1.82, 2.24) is 0 Å². The molecule has 8 heteroatoms. The molecule has 22 heavy (non-hydrogen) atoms. The highest BCUT2D eigenvalue weighted by atomic mass is 32.2. The summed E-state index contributed by atoms with van der Waals surface area (Å²) in [6.07, 6.45) is 0. The van der Waals surface area contributed by atoms with Crippen LogP contribution in [0.5, 0.6) is 0 Å². The van der Waals surface area contributed by atoms with Crippen LogP contribution in [0, 0.1) is 0 Å². The Morgan fingerprint density at radius 1 is 0.727 bits per heavy atom. The maximum Gasteiger partial charge on any atom is 0.0252 e. The zero-order chi connectivity index (χ0) is 16.5. The molecule has 2 fully saturated rings. The van der Waals surface area contributed by atoms with Gasteiger partial charge in [-0.15, -0.1) is 0 Å². The molecule has 2 rings (SSSR count). The lowest BCUT2D eigenvalue weighted by Crippen LogP contribution is -2.30. The first-order chi connectivity index (χ1) is 10.5. The maximum atomic E-state index is 4.47. The summed E-state index contributed by atoms with van der Waals surface area (Å²) in [6.45, 7) is 4.37. The normalized spacial score (nSPS) is 35.2. The van der Waals surface area contributed by atoms with E-state index in [4.69, 9.17) is 0 Å². The Morgan fingerprint density at radius 2 is 1.09 bits per heavy atom. The van der Waals surface area contributed by atoms with Gasteiger partial charge >= 0.3 is 0 Å². The van der Waals surface area contributed by atoms with Crippen LogP contribution in [0.25, 0.3) is 0 Å². The van der Waals surface area contributed by atoms with Crippen LogP contribution in [-0.4, -0.2) is 66.0 Å². The molecule has 0 saturated carbocycles. The fourth-order valence-corrected chi connectivity index (χ4v) is 10.0. The van der Waals surface area contributed by atoms with E-state index in [9.17, 15) is 0 Å². The van der Waals surface area contributed by atoms with Crippen molar-refractivity contribution in [3.8, 4) is 0 Å². The smallest absolute Gasteiger partial charge is 0.0252 e. The summed E-state index contributed by atoms with van der Waals surface area (Å²) in [5.41, 5.74) is 0. The summed E-state index contributed by atoms with van der Waals surface area (Å²) in [5, 5.41) is 4.09. The molecular formula is C14H28S8. The van der Waals surface area contributed by atoms with E-state index < -0.39 is 0 Å². The van der Waals surface area contributed by atoms with Gasteiger partial charge in [0.05, 0.1) is 0 Å². The minimum Gasteiger partial charge on any atom is -0.178 e. The third-order valence-corrected chi connectivity index (χ3v) is 12.7. The average molecular weight is 453 g/mol. The van der Waals surface area contributed by atoms with Crippen LogP contribution < -0.4 is 0 Å². The van der Waals surface area contributed by atoms with Gasteiger partial charge in [0.25, 0.3) is 0 Å². The zero-order valence-electron chi connectivity index (χ0n) is 13.1. The minimum absolute atomic E-state index is 0.527. The molecule has 0 nitrogen and oxygen atoms in total. The number of hydrogen-bond acceptors (Lipinski definition) is 8. The van der Waals surface area contributed by atoms with Crippen molar-refractivity contribution in [2.45, 2.75) is 45.3 Å². The van der Waals surface area contributed by atoms with Gasteiger partial charge in [-0.05, 0) is 0 Å². The summed E-state index contributed by atoms with van der Waals surface area (Å²) in [6, 6.07) is 0. The van der Waals surface area contributed by atoms with E-state index in [-0.39, 0.29) is 0 Å². The summed E-state index contributed by atoms with van der Waals surface area (Å²) >= 11 is 25.7. The molecule has 0 aromatic carbocycles. The van der Waals surface area contributed by atoms with Crippen molar-refractivity contribution in [3.63, 3.8) is 0 Å². The molecule has 2 aliphatic rings. The first-order valence-electron chi connectivity index (χ1n) is 7.52. The average Bonchev–Trinajstić information content (AvgIpc) is 2.55. The molecule has 0 bridgehead atoms. The predicted molar refractivity (Wildman–Crippen MR) is 130 cm³/mol. The Hall–Kier alpha value is 2.80. The maximum absolute atomic E-state index is 4.47. The highest BCUT2D eigenvalue weighted by molar-refractivity contribution is 8.08. The van der Waals surface area contributed by atoms with Crippen molar-refractivity contribution in [2.75, 3.05) is 34.5 Å². The molecule has 6 atom stereocenters. The van der Waals surface area contributed by atoms with Gasteiger partial charge in [-0.1, -0.05) is 13.8 Å². The second-order valence-corrected chi connectivity index (χ2v) is 13.1. The molecule has 0 spiro atoms. The summed E-state index contributed by atoms with van der Waals surface area (Å²) in [4.78, 5) is 0. The molecule has 132 valence electrons. The van der Waals surface area contributed by atoms with Crippen molar-refractivity contribution in [1.29, 1.82) is 0 Å². The standard InChI is InChI=1S/C8H16S4.C6H12S4/c1-5(9)7-3-12-8(4-11-7)6(2)10;7-1-5-3-10-6(2-8)4-9-5/h5-10H,3-4H2,1-2H3;5-8H,1-4H2. The SMILES string of the molecule is CC(S)C1CSC(C(C)S)CS1.SCC1CSC(CS)CS1. The molecule has 2 saturated heterocycles. The van der Waals surface area contributed by atoms with Crippen LogP contribution in [0.1, 0.15) is 13.8 Å². The topological polar surface area (TPSA) is 0 Å². The fourth-order valence-electron chi connectivity index (χ4n) is 1.88. The molecule has 0 aliphatic carbocycles. The first kappa shape index (κ1) is 22.8. The lowest BCUT2D eigenvalue weighted by atomic mass is 10.3. The van der Waals surface area contributed by atoms with Crippen LogP contribution in [-0.2, 0) is 0 Å². The van der Waals surface area contributed by atoms with E-state index in [2.05, 4.69) is 87.9 Å². The van der Waals surface area contributed by atoms with E-state index in [0.29, 0.717) is 10.5 Å². The lowest BCUT2D eigenvalue weighted by Gasteiger charge is -2.31. The highest BCUT2D eigenvalue weighted by Gasteiger charge is 2.26. The fraction of sp³-hybridized carbons (Fsp3) is 1.00. The van der Waals surface area contributed by atoms with Gasteiger partial charge in [0.2, 0.25) is 0 Å². The second-order valence-electron chi connectivity index (χ2n) is 5.50. The Morgan fingerprint density at radius 3 is 1.27 bits per heavy atom. The Kier molecular flexibility index (Phi) is 13.5. The molecule has 2 heterocycles. The number of thioether (sulfide) groups is 4. The van der Waals surface area contributed by atoms with Crippen molar-refractivity contribution < 1.29 is 0 Å². The molecule has 6 unspecified atom stereocenters. The molecule has 2 aliphatic heterocycles. The first-order valence-corrected chi connectivity index (χ1v) is 14.0. The van der Waals surface area contributed by atoms with Crippen LogP contribution in [0.4, 0.5) is 0 Å². The Bertz CT molecular complexity index is 242. The van der Waals surface area contributed by atoms with Crippen LogP contribution in [0.15, 0.2) is 0 Å². The predicted octanol–water partition coefficient (Wildman–Crippen LogP) is 4.90. The van der Waals surface area contributed by atoms with Gasteiger partial charge in [0.15, 0.2) is 0 Å². The molecule has 0 N–H and O–H groups in total. The Balaban J connectivity index is 0.000000224. The van der Waals surface area contributed by atoms with Crippen LogP contribution in [0.2, 0.25) is 0 Å². The van der Waals surface area contributed by atoms with Gasteiger partial charge in [0.1, 0.15) is 0 Å². The monoisotopic (exact) mass is 452 g/mol. The molecule has 0 aromatic rings. The largest absolute Gasteiger partial charge is 0.178 e. The second kappa shape index (κ2) is 13.0. The van der Waals surface area contributed by atoms with Crippen LogP contribution >= 0.6 is 97.6 Å². The molecule has 0 aromatic heterocycles. The third-order valence-electron chi connectivity index (χ3n) is 3.47. The number of hydrogen-bond donors (Lipinski definition) is 4. The van der Waals surface area contributed by atoms with Gasteiger partial charge in [-0.25, -0.2) is 0 Å². The molecule has 0 amide bonds. The molecule has 0 radical (unpaired) electrons. The van der Waals surface area contributed by atoms with E-state index in [1.54, 1.807) is 0 Å². The summed E-state index contributed by atoms with van der Waals surface area (Å²) < 4.78 is 0. The van der Waals surface area contributed by atoms with Crippen molar-refractivity contribution in [3.05, 3.63) is 0 Å². The van der Waals surface area contributed by atoms with Gasteiger partial charge in [-0.3, -0.25) is 0 Å². The van der Waals surface area contributed by atoms with E-state index >= 15 is 0 Å². The zero-order valence-corrected chi connectivity index (χ0v) is 20.0. The van der Waals surface area contributed by atoms with Gasteiger partial charge < -0.3 is 0 Å². The minimum atomic E-state index is 0.527. The number of rotatable bonds is 4. The van der Waals surface area contributed by atoms with Gasteiger partial charge in [-0.2, -0.15) is 97.6 Å². The van der Waals surface area contributed by atoms with E-state index in [0.717, 1.165) is 32.5 Å². The third kappa shape index (κ3) is 8.95. The Labute approximate surface area is 176 Å². The van der Waals surface area contributed by atoms with Crippen molar-refractivity contribution in [2.24, 2.45) is 0 Å². The van der Waals surface area contributed by atoms with E-state index in [1.165, 1.54) is 23.0 Å². The summed E-state index contributed by atoms with van der Waals surface area (Å²) in [7, 11) is 0. The summed E-state index contributed by atoms with van der Waals surface area (Å²) in [5.74, 6) is 7.06. The molecular weight excluding hydrogens is 425 g/mol. The van der Waals surface area contributed by atoms with E-state index in [1.807, 2.05) is 23.5 Å². The van der Waals surface area contributed by atoms with Gasteiger partial charge in [0, 0.05) is 66.0 Å². The lowest BCUT2D eigenvalue weighted by molar-refractivity contribution is 0.887.